The zero-order chi connectivity index (χ0) is 11.4. The highest BCUT2D eigenvalue weighted by Gasteiger charge is 2.25. The number of piperazine rings is 1. The predicted octanol–water partition coefficient (Wildman–Crippen LogP) is -0.690. The molecule has 0 spiro atoms. The average molecular weight is 222 g/mol. The summed E-state index contributed by atoms with van der Waals surface area (Å²) < 4.78 is 0. The quantitative estimate of drug-likeness (QED) is 0.660. The average Bonchev–Trinajstić information content (AvgIpc) is 3.11. The van der Waals surface area contributed by atoms with Crippen LogP contribution in [0.25, 0.3) is 0 Å². The van der Waals surface area contributed by atoms with Crippen molar-refractivity contribution in [3.8, 4) is 6.07 Å². The molecule has 1 unspecified atom stereocenters. The molecule has 0 bridgehead atoms. The van der Waals surface area contributed by atoms with Gasteiger partial charge in [-0.3, -0.25) is 9.69 Å². The summed E-state index contributed by atoms with van der Waals surface area (Å²) in [6, 6.07) is 2.05. The van der Waals surface area contributed by atoms with Crippen molar-refractivity contribution in [3.05, 3.63) is 0 Å². The molecule has 0 aromatic heterocycles. The molecule has 5 nitrogen and oxygen atoms in total. The largest absolute Gasteiger partial charge is 0.355 e. The number of hydrogen-bond donors (Lipinski definition) is 2. The molecule has 16 heavy (non-hydrogen) atoms. The zero-order valence-electron chi connectivity index (χ0n) is 9.41. The van der Waals surface area contributed by atoms with Crippen LogP contribution in [0.4, 0.5) is 0 Å². The molecular weight excluding hydrogens is 204 g/mol. The Hall–Kier alpha value is -1.12. The van der Waals surface area contributed by atoms with E-state index in [0.717, 1.165) is 19.6 Å². The van der Waals surface area contributed by atoms with Crippen LogP contribution in [0.1, 0.15) is 12.8 Å². The van der Waals surface area contributed by atoms with Crippen LogP contribution in [0, 0.1) is 17.2 Å². The molecule has 2 fully saturated rings. The first-order chi connectivity index (χ1) is 7.79. The van der Waals surface area contributed by atoms with Crippen molar-refractivity contribution in [2.24, 2.45) is 5.92 Å². The van der Waals surface area contributed by atoms with Gasteiger partial charge in [-0.15, -0.1) is 0 Å². The first kappa shape index (κ1) is 11.4. The van der Waals surface area contributed by atoms with Crippen LogP contribution >= 0.6 is 0 Å². The Bertz CT molecular complexity index is 295. The van der Waals surface area contributed by atoms with Crippen molar-refractivity contribution in [1.82, 2.24) is 15.5 Å². The van der Waals surface area contributed by atoms with Gasteiger partial charge in [0.2, 0.25) is 5.91 Å². The summed E-state index contributed by atoms with van der Waals surface area (Å²) in [7, 11) is 0. The molecule has 0 aromatic carbocycles. The first-order valence-corrected chi connectivity index (χ1v) is 5.90. The molecule has 1 amide bonds. The molecular formula is C11H18N4O. The second-order valence-corrected chi connectivity index (χ2v) is 4.57. The molecule has 1 saturated heterocycles. The van der Waals surface area contributed by atoms with E-state index < -0.39 is 0 Å². The van der Waals surface area contributed by atoms with Gasteiger partial charge in [0.15, 0.2) is 0 Å². The van der Waals surface area contributed by atoms with Crippen molar-refractivity contribution < 1.29 is 4.79 Å². The highest BCUT2D eigenvalue weighted by Crippen LogP contribution is 2.27. The van der Waals surface area contributed by atoms with Gasteiger partial charge in [-0.05, 0) is 18.8 Å². The lowest BCUT2D eigenvalue weighted by Crippen LogP contribution is -2.53. The third-order valence-electron chi connectivity index (χ3n) is 3.13. The van der Waals surface area contributed by atoms with E-state index in [1.54, 1.807) is 0 Å². The lowest BCUT2D eigenvalue weighted by atomic mass is 10.2. The molecule has 0 aromatic rings. The van der Waals surface area contributed by atoms with Gasteiger partial charge in [-0.1, -0.05) is 0 Å². The zero-order valence-corrected chi connectivity index (χ0v) is 9.41. The molecule has 1 atom stereocenters. The van der Waals surface area contributed by atoms with Crippen LogP contribution in [0.5, 0.6) is 0 Å². The van der Waals surface area contributed by atoms with Gasteiger partial charge in [-0.2, -0.15) is 5.26 Å². The monoisotopic (exact) mass is 222 g/mol. The Labute approximate surface area is 95.8 Å². The van der Waals surface area contributed by atoms with Gasteiger partial charge in [0.25, 0.3) is 0 Å². The topological polar surface area (TPSA) is 68.2 Å². The van der Waals surface area contributed by atoms with Crippen molar-refractivity contribution in [2.75, 3.05) is 32.7 Å². The van der Waals surface area contributed by atoms with Gasteiger partial charge in [-0.25, -0.2) is 0 Å². The third kappa shape index (κ3) is 3.19. The molecule has 1 aliphatic carbocycles. The van der Waals surface area contributed by atoms with Crippen LogP contribution in [-0.4, -0.2) is 49.6 Å². The second-order valence-electron chi connectivity index (χ2n) is 4.57. The highest BCUT2D eigenvalue weighted by molar-refractivity contribution is 5.78. The predicted molar refractivity (Wildman–Crippen MR) is 59.6 cm³/mol. The highest BCUT2D eigenvalue weighted by atomic mass is 16.2. The van der Waals surface area contributed by atoms with Crippen LogP contribution in [-0.2, 0) is 4.79 Å². The van der Waals surface area contributed by atoms with Crippen LogP contribution in [0.15, 0.2) is 0 Å². The van der Waals surface area contributed by atoms with Crippen molar-refractivity contribution in [3.63, 3.8) is 0 Å². The number of amides is 1. The smallest absolute Gasteiger partial charge is 0.234 e. The van der Waals surface area contributed by atoms with Crippen LogP contribution in [0.2, 0.25) is 0 Å². The maximum absolute atomic E-state index is 11.6. The number of hydrogen-bond acceptors (Lipinski definition) is 4. The minimum absolute atomic E-state index is 0.0500. The number of nitrogens with zero attached hydrogens (tertiary/aromatic N) is 2. The fourth-order valence-corrected chi connectivity index (χ4v) is 1.88. The maximum atomic E-state index is 11.6. The number of nitriles is 1. The number of nitrogens with one attached hydrogen (secondary N) is 2. The van der Waals surface area contributed by atoms with Gasteiger partial charge >= 0.3 is 0 Å². The molecule has 88 valence electrons. The Balaban J connectivity index is 1.73. The van der Waals surface area contributed by atoms with Gasteiger partial charge in [0, 0.05) is 26.2 Å². The Kier molecular flexibility index (Phi) is 3.75. The van der Waals surface area contributed by atoms with Gasteiger partial charge in [0.1, 0.15) is 6.04 Å². The standard InChI is InChI=1S/C11H18N4O/c12-5-10-7-13-3-4-15(10)8-11(16)14-6-9-1-2-9/h9-10,13H,1-4,6-8H2,(H,14,16). The van der Waals surface area contributed by atoms with Crippen LogP contribution in [0.3, 0.4) is 0 Å². The van der Waals surface area contributed by atoms with E-state index in [2.05, 4.69) is 16.7 Å². The van der Waals surface area contributed by atoms with Crippen molar-refractivity contribution in [2.45, 2.75) is 18.9 Å². The Morgan fingerprint density at radius 2 is 2.38 bits per heavy atom. The lowest BCUT2D eigenvalue weighted by Gasteiger charge is -2.31. The molecule has 2 aliphatic rings. The third-order valence-corrected chi connectivity index (χ3v) is 3.13. The normalized spacial score (nSPS) is 26.1. The Morgan fingerprint density at radius 3 is 3.06 bits per heavy atom. The molecule has 2 rings (SSSR count). The summed E-state index contributed by atoms with van der Waals surface area (Å²) in [4.78, 5) is 13.6. The molecule has 2 N–H and O–H groups in total. The number of carbonyl (C=O) groups excluding carboxylic acids is 1. The Morgan fingerprint density at radius 1 is 1.56 bits per heavy atom. The molecule has 1 saturated carbocycles. The summed E-state index contributed by atoms with van der Waals surface area (Å²) in [6.07, 6.45) is 2.49. The van der Waals surface area contributed by atoms with Gasteiger partial charge < -0.3 is 10.6 Å². The number of carbonyl (C=O) groups is 1. The van der Waals surface area contributed by atoms with Gasteiger partial charge in [0.05, 0.1) is 12.6 Å². The van der Waals surface area contributed by atoms with E-state index in [1.165, 1.54) is 12.8 Å². The fourth-order valence-electron chi connectivity index (χ4n) is 1.88. The molecule has 0 radical (unpaired) electrons. The summed E-state index contributed by atoms with van der Waals surface area (Å²) in [5, 5.41) is 15.0. The first-order valence-electron chi connectivity index (χ1n) is 5.90. The van der Waals surface area contributed by atoms with E-state index >= 15 is 0 Å². The van der Waals surface area contributed by atoms with E-state index in [0.29, 0.717) is 19.0 Å². The van der Waals surface area contributed by atoms with E-state index in [9.17, 15) is 4.79 Å². The van der Waals surface area contributed by atoms with Crippen molar-refractivity contribution in [1.29, 1.82) is 5.26 Å². The second kappa shape index (κ2) is 5.28. The van der Waals surface area contributed by atoms with E-state index in [-0.39, 0.29) is 11.9 Å². The lowest BCUT2D eigenvalue weighted by molar-refractivity contribution is -0.122. The molecule has 5 heteroatoms. The maximum Gasteiger partial charge on any atom is 0.234 e. The summed E-state index contributed by atoms with van der Waals surface area (Å²) in [5.41, 5.74) is 0. The minimum atomic E-state index is -0.166. The molecule has 1 heterocycles. The summed E-state index contributed by atoms with van der Waals surface area (Å²) in [5.74, 6) is 0.757. The van der Waals surface area contributed by atoms with E-state index in [4.69, 9.17) is 5.26 Å². The minimum Gasteiger partial charge on any atom is -0.355 e. The van der Waals surface area contributed by atoms with E-state index in [1.807, 2.05) is 4.90 Å². The van der Waals surface area contributed by atoms with Crippen molar-refractivity contribution >= 4 is 5.91 Å². The fraction of sp³-hybridized carbons (Fsp3) is 0.818. The summed E-state index contributed by atoms with van der Waals surface area (Å²) >= 11 is 0. The van der Waals surface area contributed by atoms with Crippen LogP contribution < -0.4 is 10.6 Å². The molecule has 1 aliphatic heterocycles. The number of rotatable bonds is 4. The SMILES string of the molecule is N#CC1CNCCN1CC(=O)NCC1CC1. The summed E-state index contributed by atoms with van der Waals surface area (Å²) in [6.45, 7) is 3.45.